The van der Waals surface area contributed by atoms with Crippen LogP contribution in [0, 0.1) is 5.92 Å². The maximum absolute atomic E-state index is 9.80. The van der Waals surface area contributed by atoms with Crippen LogP contribution in [0.25, 0.3) is 22.3 Å². The van der Waals surface area contributed by atoms with Gasteiger partial charge in [0, 0.05) is 54.3 Å². The molecule has 4 rings (SSSR count). The van der Waals surface area contributed by atoms with Gasteiger partial charge in [-0.15, -0.1) is 0 Å². The van der Waals surface area contributed by atoms with Crippen LogP contribution in [-0.2, 0) is 6.42 Å². The molecule has 0 bridgehead atoms. The van der Waals surface area contributed by atoms with Gasteiger partial charge < -0.3 is 10.4 Å². The van der Waals surface area contributed by atoms with Crippen molar-refractivity contribution in [3.05, 3.63) is 78.9 Å². The van der Waals surface area contributed by atoms with Crippen LogP contribution in [0.3, 0.4) is 0 Å². The lowest BCUT2D eigenvalue weighted by Crippen LogP contribution is -2.21. The first-order valence-corrected chi connectivity index (χ1v) is 9.25. The maximum atomic E-state index is 9.80. The number of nitrogens with one attached hydrogen (secondary N) is 1. The van der Waals surface area contributed by atoms with Crippen molar-refractivity contribution in [1.82, 2.24) is 19.9 Å². The average Bonchev–Trinajstić information content (AvgIpc) is 2.77. The summed E-state index contributed by atoms with van der Waals surface area (Å²) >= 11 is 0. The van der Waals surface area contributed by atoms with Gasteiger partial charge in [0.15, 0.2) is 5.82 Å². The van der Waals surface area contributed by atoms with Gasteiger partial charge in [-0.1, -0.05) is 18.2 Å². The fraction of sp³-hybridized carbons (Fsp3) is 0.182. The Hall–Kier alpha value is -3.38. The van der Waals surface area contributed by atoms with E-state index in [1.807, 2.05) is 54.6 Å². The summed E-state index contributed by atoms with van der Waals surface area (Å²) in [4.78, 5) is 17.9. The minimum Gasteiger partial charge on any atom is -0.396 e. The van der Waals surface area contributed by atoms with Crippen molar-refractivity contribution < 1.29 is 5.11 Å². The van der Waals surface area contributed by atoms with Gasteiger partial charge in [0.2, 0.25) is 0 Å². The third kappa shape index (κ3) is 4.13. The van der Waals surface area contributed by atoms with Gasteiger partial charge in [0.1, 0.15) is 5.82 Å². The predicted molar refractivity (Wildman–Crippen MR) is 110 cm³/mol. The Labute approximate surface area is 163 Å². The van der Waals surface area contributed by atoms with Crippen molar-refractivity contribution in [2.45, 2.75) is 6.42 Å². The molecular weight excluding hydrogens is 350 g/mol. The van der Waals surface area contributed by atoms with Crippen molar-refractivity contribution in [1.29, 1.82) is 0 Å². The van der Waals surface area contributed by atoms with E-state index in [2.05, 4.69) is 20.3 Å². The van der Waals surface area contributed by atoms with Crippen LogP contribution >= 0.6 is 0 Å². The van der Waals surface area contributed by atoms with Gasteiger partial charge in [-0.25, -0.2) is 9.97 Å². The van der Waals surface area contributed by atoms with Gasteiger partial charge in [0.25, 0.3) is 0 Å². The van der Waals surface area contributed by atoms with Crippen LogP contribution < -0.4 is 5.32 Å². The number of nitrogens with zero attached hydrogens (tertiary/aromatic N) is 4. The molecule has 1 aromatic carbocycles. The number of para-hydroxylation sites is 1. The lowest BCUT2D eigenvalue weighted by Gasteiger charge is -2.16. The molecule has 6 nitrogen and oxygen atoms in total. The van der Waals surface area contributed by atoms with Crippen LogP contribution in [0.2, 0.25) is 0 Å². The Morgan fingerprint density at radius 1 is 0.929 bits per heavy atom. The average molecular weight is 371 g/mol. The van der Waals surface area contributed by atoms with Crippen molar-refractivity contribution in [3.8, 4) is 11.4 Å². The number of aliphatic hydroxyl groups excluding tert-OH is 1. The molecule has 0 aliphatic rings. The van der Waals surface area contributed by atoms with E-state index in [0.717, 1.165) is 28.0 Å². The summed E-state index contributed by atoms with van der Waals surface area (Å²) in [6, 6.07) is 17.5. The second kappa shape index (κ2) is 8.54. The second-order valence-corrected chi connectivity index (χ2v) is 6.61. The van der Waals surface area contributed by atoms with Crippen molar-refractivity contribution >= 4 is 16.7 Å². The third-order valence-electron chi connectivity index (χ3n) is 4.56. The molecule has 0 radical (unpaired) electrons. The van der Waals surface area contributed by atoms with Gasteiger partial charge in [0.05, 0.1) is 5.52 Å². The van der Waals surface area contributed by atoms with Crippen molar-refractivity contribution in [2.75, 3.05) is 18.5 Å². The van der Waals surface area contributed by atoms with E-state index < -0.39 is 0 Å². The summed E-state index contributed by atoms with van der Waals surface area (Å²) in [6.45, 7) is 0.655. The van der Waals surface area contributed by atoms with E-state index in [9.17, 15) is 5.11 Å². The van der Waals surface area contributed by atoms with E-state index in [1.165, 1.54) is 0 Å². The molecule has 0 aliphatic heterocycles. The minimum atomic E-state index is 0.0328. The highest BCUT2D eigenvalue weighted by atomic mass is 16.3. The highest BCUT2D eigenvalue weighted by Crippen LogP contribution is 2.24. The molecule has 1 unspecified atom stereocenters. The van der Waals surface area contributed by atoms with Gasteiger partial charge in [-0.3, -0.25) is 9.97 Å². The topological polar surface area (TPSA) is 83.8 Å². The molecule has 0 saturated heterocycles. The standard InChI is InChI=1S/C22H21N5O/c28-15-16(12-18-7-3-4-11-24-18)13-25-22-19-8-1-2-9-20(19)26-21(27-22)17-6-5-10-23-14-17/h1-11,14,16,28H,12-13,15H2,(H,25,26,27). The zero-order chi connectivity index (χ0) is 19.2. The molecule has 1 atom stereocenters. The first-order valence-electron chi connectivity index (χ1n) is 9.25. The van der Waals surface area contributed by atoms with E-state index in [-0.39, 0.29) is 12.5 Å². The molecule has 2 N–H and O–H groups in total. The van der Waals surface area contributed by atoms with Crippen LogP contribution in [0.1, 0.15) is 5.69 Å². The molecule has 140 valence electrons. The summed E-state index contributed by atoms with van der Waals surface area (Å²) in [5, 5.41) is 14.2. The van der Waals surface area contributed by atoms with Crippen LogP contribution in [0.4, 0.5) is 5.82 Å². The highest BCUT2D eigenvalue weighted by Gasteiger charge is 2.13. The number of anilines is 1. The summed E-state index contributed by atoms with van der Waals surface area (Å²) in [5.41, 5.74) is 2.69. The predicted octanol–water partition coefficient (Wildman–Crippen LogP) is 3.35. The molecule has 6 heteroatoms. The number of aromatic nitrogens is 4. The van der Waals surface area contributed by atoms with Crippen molar-refractivity contribution in [2.24, 2.45) is 5.92 Å². The SMILES string of the molecule is OCC(CNc1nc(-c2cccnc2)nc2ccccc12)Cc1ccccn1. The minimum absolute atomic E-state index is 0.0328. The lowest BCUT2D eigenvalue weighted by atomic mass is 10.0. The number of aliphatic hydroxyl groups is 1. The Balaban J connectivity index is 1.60. The molecule has 28 heavy (non-hydrogen) atoms. The maximum Gasteiger partial charge on any atom is 0.163 e. The number of hydrogen-bond donors (Lipinski definition) is 2. The van der Waals surface area contributed by atoms with E-state index in [1.54, 1.807) is 18.6 Å². The molecule has 0 spiro atoms. The summed E-state index contributed by atoms with van der Waals surface area (Å²) in [7, 11) is 0. The second-order valence-electron chi connectivity index (χ2n) is 6.61. The molecule has 0 amide bonds. The lowest BCUT2D eigenvalue weighted by molar-refractivity contribution is 0.232. The number of fused-ring (bicyclic) bond motifs is 1. The van der Waals surface area contributed by atoms with Crippen LogP contribution in [0.15, 0.2) is 73.2 Å². The van der Waals surface area contributed by atoms with Gasteiger partial charge >= 0.3 is 0 Å². The Morgan fingerprint density at radius 3 is 2.61 bits per heavy atom. The molecule has 0 saturated carbocycles. The van der Waals surface area contributed by atoms with Crippen molar-refractivity contribution in [3.63, 3.8) is 0 Å². The smallest absolute Gasteiger partial charge is 0.163 e. The number of benzene rings is 1. The molecule has 0 fully saturated rings. The Bertz CT molecular complexity index is 1040. The first-order chi connectivity index (χ1) is 13.8. The summed E-state index contributed by atoms with van der Waals surface area (Å²) in [6.07, 6.45) is 5.96. The number of pyridine rings is 2. The largest absolute Gasteiger partial charge is 0.396 e. The fourth-order valence-corrected chi connectivity index (χ4v) is 3.09. The molecule has 3 aromatic heterocycles. The zero-order valence-electron chi connectivity index (χ0n) is 15.4. The molecular formula is C22H21N5O. The number of hydrogen-bond acceptors (Lipinski definition) is 6. The van der Waals surface area contributed by atoms with Crippen LogP contribution in [-0.4, -0.2) is 38.2 Å². The van der Waals surface area contributed by atoms with E-state index >= 15 is 0 Å². The summed E-state index contributed by atoms with van der Waals surface area (Å²) in [5.74, 6) is 1.41. The Kier molecular flexibility index (Phi) is 5.49. The highest BCUT2D eigenvalue weighted by molar-refractivity contribution is 5.90. The normalized spacial score (nSPS) is 12.0. The molecule has 4 aromatic rings. The quantitative estimate of drug-likeness (QED) is 0.518. The zero-order valence-corrected chi connectivity index (χ0v) is 15.4. The summed E-state index contributed by atoms with van der Waals surface area (Å²) < 4.78 is 0. The monoisotopic (exact) mass is 371 g/mol. The fourth-order valence-electron chi connectivity index (χ4n) is 3.09. The third-order valence-corrected chi connectivity index (χ3v) is 4.56. The molecule has 0 aliphatic carbocycles. The van der Waals surface area contributed by atoms with E-state index in [4.69, 9.17) is 4.98 Å². The van der Waals surface area contributed by atoms with E-state index in [0.29, 0.717) is 18.8 Å². The van der Waals surface area contributed by atoms with Gasteiger partial charge in [-0.05, 0) is 42.8 Å². The van der Waals surface area contributed by atoms with Crippen LogP contribution in [0.5, 0.6) is 0 Å². The molecule has 3 heterocycles. The Morgan fingerprint density at radius 2 is 1.82 bits per heavy atom. The number of rotatable bonds is 7. The first kappa shape index (κ1) is 18.0. The van der Waals surface area contributed by atoms with Gasteiger partial charge in [-0.2, -0.15) is 0 Å².